The number of pyridine rings is 1. The largest absolute Gasteiger partial charge is 0.417 e. The van der Waals surface area contributed by atoms with Gasteiger partial charge in [-0.25, -0.2) is 4.99 Å². The summed E-state index contributed by atoms with van der Waals surface area (Å²) in [5.41, 5.74) is -0.762. The van der Waals surface area contributed by atoms with E-state index < -0.39 is 11.7 Å². The summed E-state index contributed by atoms with van der Waals surface area (Å²) < 4.78 is 38.6. The van der Waals surface area contributed by atoms with Gasteiger partial charge in [0, 0.05) is 30.9 Å². The van der Waals surface area contributed by atoms with Crippen LogP contribution in [0.5, 0.6) is 0 Å². The molecule has 0 bridgehead atoms. The molecular formula is C13H14F3N3. The Morgan fingerprint density at radius 3 is 2.68 bits per heavy atom. The number of halogens is 3. The number of rotatable bonds is 3. The lowest BCUT2D eigenvalue weighted by Gasteiger charge is -2.12. The lowest BCUT2D eigenvalue weighted by atomic mass is 10.1. The van der Waals surface area contributed by atoms with E-state index in [0.717, 1.165) is 31.3 Å². The second-order valence-corrected chi connectivity index (χ2v) is 4.39. The smallest absolute Gasteiger partial charge is 0.376 e. The maximum atomic E-state index is 12.9. The highest BCUT2D eigenvalue weighted by Crippen LogP contribution is 2.35. The molecule has 1 aromatic heterocycles. The minimum atomic E-state index is -4.43. The summed E-state index contributed by atoms with van der Waals surface area (Å²) in [6, 6.07) is 0.937. The Balaban J connectivity index is 2.34. The Hall–Kier alpha value is -1.85. The molecule has 1 fully saturated rings. The van der Waals surface area contributed by atoms with Crippen molar-refractivity contribution in [3.05, 3.63) is 36.2 Å². The molecule has 0 amide bonds. The fourth-order valence-corrected chi connectivity index (χ4v) is 1.79. The minimum absolute atomic E-state index is 0.0802. The van der Waals surface area contributed by atoms with Crippen molar-refractivity contribution >= 4 is 11.5 Å². The minimum Gasteiger partial charge on any atom is -0.376 e. The number of hydrogen-bond acceptors (Lipinski definition) is 2. The maximum Gasteiger partial charge on any atom is 0.417 e. The molecule has 1 aliphatic rings. The number of amidine groups is 1. The van der Waals surface area contributed by atoms with E-state index in [1.54, 1.807) is 7.05 Å². The molecule has 1 heterocycles. The van der Waals surface area contributed by atoms with Gasteiger partial charge in [0.25, 0.3) is 0 Å². The van der Waals surface area contributed by atoms with Gasteiger partial charge >= 0.3 is 6.18 Å². The van der Waals surface area contributed by atoms with E-state index in [1.807, 2.05) is 0 Å². The highest BCUT2D eigenvalue weighted by molar-refractivity contribution is 5.91. The van der Waals surface area contributed by atoms with Crippen molar-refractivity contribution in [2.45, 2.75) is 19.0 Å². The zero-order valence-corrected chi connectivity index (χ0v) is 10.5. The Kier molecular flexibility index (Phi) is 3.59. The molecule has 0 atom stereocenters. The van der Waals surface area contributed by atoms with Crippen LogP contribution in [0.1, 0.15) is 24.0 Å². The van der Waals surface area contributed by atoms with E-state index in [0.29, 0.717) is 11.8 Å². The summed E-state index contributed by atoms with van der Waals surface area (Å²) >= 11 is 0. The average molecular weight is 269 g/mol. The number of nitrogens with zero attached hydrogens (tertiary/aromatic N) is 2. The van der Waals surface area contributed by atoms with Crippen LogP contribution in [0.15, 0.2) is 30.0 Å². The molecule has 3 nitrogen and oxygen atoms in total. The molecule has 102 valence electrons. The van der Waals surface area contributed by atoms with Gasteiger partial charge < -0.3 is 5.32 Å². The zero-order chi connectivity index (χ0) is 14.0. The number of hydrogen-bond donors (Lipinski definition) is 1. The van der Waals surface area contributed by atoms with Crippen molar-refractivity contribution in [1.82, 2.24) is 10.3 Å². The fraction of sp³-hybridized carbons (Fsp3) is 0.385. The summed E-state index contributed by atoms with van der Waals surface area (Å²) in [6.45, 7) is 3.63. The molecule has 0 unspecified atom stereocenters. The van der Waals surface area contributed by atoms with Gasteiger partial charge in [0.2, 0.25) is 0 Å². The van der Waals surface area contributed by atoms with E-state index in [-0.39, 0.29) is 11.3 Å². The third-order valence-electron chi connectivity index (χ3n) is 2.91. The number of nitrogens with one attached hydrogen (secondary N) is 1. The first-order valence-electron chi connectivity index (χ1n) is 5.90. The van der Waals surface area contributed by atoms with E-state index >= 15 is 0 Å². The molecule has 0 saturated heterocycles. The fourth-order valence-electron chi connectivity index (χ4n) is 1.79. The van der Waals surface area contributed by atoms with Crippen LogP contribution in [0.25, 0.3) is 5.70 Å². The molecule has 19 heavy (non-hydrogen) atoms. The van der Waals surface area contributed by atoms with Gasteiger partial charge in [-0.15, -0.1) is 0 Å². The molecular weight excluding hydrogens is 255 g/mol. The normalized spacial score (nSPS) is 16.3. The summed E-state index contributed by atoms with van der Waals surface area (Å²) in [5, 5.41) is 2.91. The Bertz CT molecular complexity index is 516. The van der Waals surface area contributed by atoms with Crippen LogP contribution in [0.3, 0.4) is 0 Å². The molecule has 0 spiro atoms. The summed E-state index contributed by atoms with van der Waals surface area (Å²) in [4.78, 5) is 7.90. The Morgan fingerprint density at radius 2 is 2.16 bits per heavy atom. The lowest BCUT2D eigenvalue weighted by molar-refractivity contribution is -0.137. The van der Waals surface area contributed by atoms with Crippen LogP contribution >= 0.6 is 0 Å². The molecule has 1 saturated carbocycles. The number of aliphatic imine (C=N–C) groups is 1. The molecule has 1 aliphatic carbocycles. The molecule has 0 aliphatic heterocycles. The second kappa shape index (κ2) is 5.03. The molecule has 2 rings (SSSR count). The Morgan fingerprint density at radius 1 is 1.47 bits per heavy atom. The summed E-state index contributed by atoms with van der Waals surface area (Å²) in [5.74, 6) is 0.995. The first kappa shape index (κ1) is 13.6. The Labute approximate surface area is 109 Å². The van der Waals surface area contributed by atoms with Gasteiger partial charge in [-0.3, -0.25) is 4.98 Å². The van der Waals surface area contributed by atoms with Crippen molar-refractivity contribution in [3.8, 4) is 0 Å². The van der Waals surface area contributed by atoms with Crippen LogP contribution in [-0.4, -0.2) is 17.9 Å². The quantitative estimate of drug-likeness (QED) is 0.676. The molecule has 1 aromatic rings. The first-order valence-corrected chi connectivity index (χ1v) is 5.90. The van der Waals surface area contributed by atoms with Crippen LogP contribution in [0.2, 0.25) is 0 Å². The van der Waals surface area contributed by atoms with Crippen molar-refractivity contribution in [1.29, 1.82) is 0 Å². The van der Waals surface area contributed by atoms with Crippen LogP contribution in [0.4, 0.5) is 13.2 Å². The monoisotopic (exact) mass is 269 g/mol. The maximum absolute atomic E-state index is 12.9. The summed E-state index contributed by atoms with van der Waals surface area (Å²) in [7, 11) is 1.71. The summed E-state index contributed by atoms with van der Waals surface area (Å²) in [6.07, 6.45) is -0.160. The van der Waals surface area contributed by atoms with Crippen molar-refractivity contribution < 1.29 is 13.2 Å². The van der Waals surface area contributed by atoms with E-state index in [4.69, 9.17) is 0 Å². The first-order chi connectivity index (χ1) is 8.93. The average Bonchev–Trinajstić information content (AvgIpc) is 3.19. The van der Waals surface area contributed by atoms with Gasteiger partial charge in [0.15, 0.2) is 0 Å². The van der Waals surface area contributed by atoms with Crippen molar-refractivity contribution in [2.75, 3.05) is 7.05 Å². The van der Waals surface area contributed by atoms with Gasteiger partial charge in [-0.1, -0.05) is 6.58 Å². The SMILES string of the molecule is C=C(/N=C(/NC)C1CC1)c1cnccc1C(F)(F)F. The van der Waals surface area contributed by atoms with Crippen molar-refractivity contribution in [2.24, 2.45) is 10.9 Å². The second-order valence-electron chi connectivity index (χ2n) is 4.39. The molecule has 1 N–H and O–H groups in total. The molecule has 0 aromatic carbocycles. The highest BCUT2D eigenvalue weighted by atomic mass is 19.4. The van der Waals surface area contributed by atoms with Gasteiger partial charge in [-0.2, -0.15) is 13.2 Å². The standard InChI is InChI=1S/C13H14F3N3/c1-8(19-12(17-2)9-3-4-9)10-7-18-6-5-11(10)13(14,15)16/h5-7,9H,1,3-4H2,2H3,(H,17,19). The van der Waals surface area contributed by atoms with E-state index in [1.165, 1.54) is 0 Å². The van der Waals surface area contributed by atoms with Gasteiger partial charge in [0.05, 0.1) is 11.3 Å². The third kappa shape index (κ3) is 3.13. The lowest BCUT2D eigenvalue weighted by Crippen LogP contribution is -2.20. The predicted molar refractivity (Wildman–Crippen MR) is 67.5 cm³/mol. The third-order valence-corrected chi connectivity index (χ3v) is 2.91. The number of alkyl halides is 3. The van der Waals surface area contributed by atoms with E-state index in [2.05, 4.69) is 21.9 Å². The van der Waals surface area contributed by atoms with E-state index in [9.17, 15) is 13.2 Å². The van der Waals surface area contributed by atoms with Gasteiger partial charge in [0.1, 0.15) is 5.84 Å². The van der Waals surface area contributed by atoms with Crippen LogP contribution in [0, 0.1) is 5.92 Å². The highest BCUT2D eigenvalue weighted by Gasteiger charge is 2.34. The number of aromatic nitrogens is 1. The van der Waals surface area contributed by atoms with Crippen molar-refractivity contribution in [3.63, 3.8) is 0 Å². The molecule has 6 heteroatoms. The van der Waals surface area contributed by atoms with Gasteiger partial charge in [-0.05, 0) is 18.9 Å². The predicted octanol–water partition coefficient (Wildman–Crippen LogP) is 3.10. The molecule has 0 radical (unpaired) electrons. The topological polar surface area (TPSA) is 37.3 Å². The van der Waals surface area contributed by atoms with Crippen LogP contribution in [-0.2, 0) is 6.18 Å². The zero-order valence-electron chi connectivity index (χ0n) is 10.5. The van der Waals surface area contributed by atoms with Crippen LogP contribution < -0.4 is 5.32 Å².